The average Bonchev–Trinajstić information content (AvgIpc) is 2.93. The Balaban J connectivity index is 2.07. The summed E-state index contributed by atoms with van der Waals surface area (Å²) in [7, 11) is 0. The highest BCUT2D eigenvalue weighted by molar-refractivity contribution is 7.12. The van der Waals surface area contributed by atoms with E-state index in [0.29, 0.717) is 12.8 Å². The number of aromatic nitrogens is 2. The molecule has 1 atom stereocenters. The van der Waals surface area contributed by atoms with Gasteiger partial charge in [-0.2, -0.15) is 0 Å². The molecule has 1 amide bonds. The lowest BCUT2D eigenvalue weighted by Gasteiger charge is -2.20. The quantitative estimate of drug-likeness (QED) is 0.752. The number of anilines is 1. The second kappa shape index (κ2) is 3.89. The molecule has 86 valence electrons. The Hall–Kier alpha value is -1.82. The highest BCUT2D eigenvalue weighted by Gasteiger charge is 2.31. The molecule has 3 rings (SSSR count). The second-order valence-electron chi connectivity index (χ2n) is 3.93. The first kappa shape index (κ1) is 10.3. The van der Waals surface area contributed by atoms with Gasteiger partial charge in [-0.1, -0.05) is 4.49 Å². The van der Waals surface area contributed by atoms with Crippen LogP contribution in [0.25, 0.3) is 10.2 Å². The zero-order valence-corrected chi connectivity index (χ0v) is 9.68. The maximum Gasteiger partial charge on any atom is 0.227 e. The molecule has 6 heteroatoms. The summed E-state index contributed by atoms with van der Waals surface area (Å²) in [6, 6.07) is 5.16. The first-order valence-electron chi connectivity index (χ1n) is 5.29. The van der Waals surface area contributed by atoms with Crippen molar-refractivity contribution < 1.29 is 9.59 Å². The number of benzene rings is 1. The lowest BCUT2D eigenvalue weighted by atomic mass is 10.2. The van der Waals surface area contributed by atoms with Crippen LogP contribution in [0.2, 0.25) is 0 Å². The van der Waals surface area contributed by atoms with Crippen molar-refractivity contribution in [2.24, 2.45) is 0 Å². The molecule has 17 heavy (non-hydrogen) atoms. The topological polar surface area (TPSA) is 63.2 Å². The fourth-order valence-electron chi connectivity index (χ4n) is 2.09. The molecule has 0 N–H and O–H groups in total. The molecule has 0 spiro atoms. The van der Waals surface area contributed by atoms with Gasteiger partial charge in [-0.05, 0) is 36.2 Å². The van der Waals surface area contributed by atoms with Gasteiger partial charge >= 0.3 is 0 Å². The predicted octanol–water partition coefficient (Wildman–Crippen LogP) is 1.39. The number of amides is 1. The van der Waals surface area contributed by atoms with Crippen LogP contribution in [0.1, 0.15) is 12.8 Å². The van der Waals surface area contributed by atoms with Gasteiger partial charge in [-0.15, -0.1) is 5.10 Å². The summed E-state index contributed by atoms with van der Waals surface area (Å²) in [5.41, 5.74) is 1.57. The number of nitrogens with zero attached hydrogens (tertiary/aromatic N) is 3. The molecular formula is C11H9N3O2S. The number of fused-ring (bicyclic) bond motifs is 1. The number of carbonyl (C=O) groups excluding carboxylic acids is 2. The van der Waals surface area contributed by atoms with Crippen molar-refractivity contribution in [1.82, 2.24) is 9.59 Å². The third-order valence-corrected chi connectivity index (χ3v) is 3.61. The maximum atomic E-state index is 11.8. The van der Waals surface area contributed by atoms with Gasteiger partial charge in [0.25, 0.3) is 0 Å². The zero-order chi connectivity index (χ0) is 11.8. The first-order valence-corrected chi connectivity index (χ1v) is 6.06. The Kier molecular flexibility index (Phi) is 2.36. The lowest BCUT2D eigenvalue weighted by Crippen LogP contribution is -2.33. The fraction of sp³-hybridized carbons (Fsp3) is 0.273. The Morgan fingerprint density at radius 2 is 2.35 bits per heavy atom. The third-order valence-electron chi connectivity index (χ3n) is 2.92. The second-order valence-corrected chi connectivity index (χ2v) is 4.72. The van der Waals surface area contributed by atoms with Crippen LogP contribution in [0.4, 0.5) is 5.69 Å². The monoisotopic (exact) mass is 247 g/mol. The van der Waals surface area contributed by atoms with Crippen molar-refractivity contribution >= 4 is 39.6 Å². The van der Waals surface area contributed by atoms with E-state index in [9.17, 15) is 9.59 Å². The SMILES string of the molecule is O=CC1CCC(=O)N1c1ccc2nnsc2c1. The average molecular weight is 247 g/mol. The minimum absolute atomic E-state index is 0.000996. The van der Waals surface area contributed by atoms with E-state index in [-0.39, 0.29) is 11.9 Å². The molecule has 0 bridgehead atoms. The van der Waals surface area contributed by atoms with Crippen LogP contribution in [0, 0.1) is 0 Å². The minimum atomic E-state index is -0.333. The van der Waals surface area contributed by atoms with Gasteiger partial charge in [0.2, 0.25) is 5.91 Å². The summed E-state index contributed by atoms with van der Waals surface area (Å²) >= 11 is 1.28. The number of aldehydes is 1. The van der Waals surface area contributed by atoms with Gasteiger partial charge in [0.05, 0.1) is 10.7 Å². The van der Waals surface area contributed by atoms with E-state index in [1.807, 2.05) is 18.2 Å². The molecule has 1 saturated heterocycles. The van der Waals surface area contributed by atoms with Crippen LogP contribution in [-0.4, -0.2) is 27.8 Å². The minimum Gasteiger partial charge on any atom is -0.302 e. The Labute approximate surface area is 101 Å². The van der Waals surface area contributed by atoms with Crippen LogP contribution in [0.3, 0.4) is 0 Å². The molecule has 1 aromatic carbocycles. The van der Waals surface area contributed by atoms with E-state index in [0.717, 1.165) is 22.2 Å². The highest BCUT2D eigenvalue weighted by Crippen LogP contribution is 2.29. The van der Waals surface area contributed by atoms with Crippen molar-refractivity contribution in [3.05, 3.63) is 18.2 Å². The van der Waals surface area contributed by atoms with Crippen molar-refractivity contribution in [3.63, 3.8) is 0 Å². The van der Waals surface area contributed by atoms with Gasteiger partial charge in [-0.25, -0.2) is 0 Å². The van der Waals surface area contributed by atoms with E-state index in [2.05, 4.69) is 9.59 Å². The summed E-state index contributed by atoms with van der Waals surface area (Å²) in [4.78, 5) is 24.3. The Morgan fingerprint density at radius 3 is 3.18 bits per heavy atom. The van der Waals surface area contributed by atoms with Gasteiger partial charge in [0.1, 0.15) is 11.8 Å². The van der Waals surface area contributed by atoms with Crippen molar-refractivity contribution in [2.75, 3.05) is 4.90 Å². The number of rotatable bonds is 2. The maximum absolute atomic E-state index is 11.8. The largest absolute Gasteiger partial charge is 0.302 e. The van der Waals surface area contributed by atoms with E-state index in [1.165, 1.54) is 11.5 Å². The van der Waals surface area contributed by atoms with Gasteiger partial charge in [0.15, 0.2) is 0 Å². The normalized spacial score (nSPS) is 20.1. The van der Waals surface area contributed by atoms with Crippen LogP contribution < -0.4 is 4.90 Å². The molecule has 0 aliphatic carbocycles. The van der Waals surface area contributed by atoms with Crippen LogP contribution in [-0.2, 0) is 9.59 Å². The standard InChI is InChI=1S/C11H9N3O2S/c15-6-8-2-4-11(16)14(8)7-1-3-9-10(5-7)17-13-12-9/h1,3,5-6,8H,2,4H2. The van der Waals surface area contributed by atoms with E-state index in [1.54, 1.807) is 4.90 Å². The summed E-state index contributed by atoms with van der Waals surface area (Å²) in [5.74, 6) is -0.000996. The van der Waals surface area contributed by atoms with Gasteiger partial charge in [0, 0.05) is 12.1 Å². The number of hydrogen-bond acceptors (Lipinski definition) is 5. The van der Waals surface area contributed by atoms with Gasteiger partial charge in [-0.3, -0.25) is 4.79 Å². The number of hydrogen-bond donors (Lipinski definition) is 0. The van der Waals surface area contributed by atoms with Crippen molar-refractivity contribution in [1.29, 1.82) is 0 Å². The molecule has 0 saturated carbocycles. The molecular weight excluding hydrogens is 238 g/mol. The summed E-state index contributed by atoms with van der Waals surface area (Å²) in [5, 5.41) is 3.94. The molecule has 1 unspecified atom stereocenters. The summed E-state index contributed by atoms with van der Waals surface area (Å²) < 4.78 is 4.77. The van der Waals surface area contributed by atoms with Crippen molar-refractivity contribution in [3.8, 4) is 0 Å². The van der Waals surface area contributed by atoms with Crippen LogP contribution in [0.5, 0.6) is 0 Å². The molecule has 5 nitrogen and oxygen atoms in total. The molecule has 1 aromatic heterocycles. The molecule has 1 aliphatic rings. The number of carbonyl (C=O) groups is 2. The fourth-order valence-corrected chi connectivity index (χ4v) is 2.68. The molecule has 1 aliphatic heterocycles. The molecule has 2 aromatic rings. The van der Waals surface area contributed by atoms with Crippen LogP contribution in [0.15, 0.2) is 18.2 Å². The Bertz CT molecular complexity index is 595. The van der Waals surface area contributed by atoms with Gasteiger partial charge < -0.3 is 9.69 Å². The lowest BCUT2D eigenvalue weighted by molar-refractivity contribution is -0.118. The first-order chi connectivity index (χ1) is 8.29. The molecule has 1 fully saturated rings. The van der Waals surface area contributed by atoms with E-state index < -0.39 is 0 Å². The summed E-state index contributed by atoms with van der Waals surface area (Å²) in [6.45, 7) is 0. The smallest absolute Gasteiger partial charge is 0.227 e. The molecule has 2 heterocycles. The predicted molar refractivity (Wildman–Crippen MR) is 64.0 cm³/mol. The summed E-state index contributed by atoms with van der Waals surface area (Å²) in [6.07, 6.45) is 1.86. The Morgan fingerprint density at radius 1 is 1.47 bits per heavy atom. The van der Waals surface area contributed by atoms with Crippen molar-refractivity contribution in [2.45, 2.75) is 18.9 Å². The zero-order valence-electron chi connectivity index (χ0n) is 8.87. The highest BCUT2D eigenvalue weighted by atomic mass is 32.1. The van der Waals surface area contributed by atoms with E-state index in [4.69, 9.17) is 0 Å². The molecule has 0 radical (unpaired) electrons. The van der Waals surface area contributed by atoms with E-state index >= 15 is 0 Å². The van der Waals surface area contributed by atoms with Crippen LogP contribution >= 0.6 is 11.5 Å². The third kappa shape index (κ3) is 1.61.